The molecular formula is C6H15ClN2O2S. The van der Waals surface area contributed by atoms with Crippen molar-refractivity contribution in [2.24, 2.45) is 0 Å². The van der Waals surface area contributed by atoms with Crippen molar-refractivity contribution in [1.82, 2.24) is 9.62 Å². The van der Waals surface area contributed by atoms with Crippen molar-refractivity contribution < 1.29 is 8.42 Å². The molecule has 0 radical (unpaired) electrons. The van der Waals surface area contributed by atoms with E-state index in [1.165, 1.54) is 0 Å². The lowest BCUT2D eigenvalue weighted by Crippen LogP contribution is -2.39. The third-order valence-corrected chi connectivity index (χ3v) is 3.07. The Morgan fingerprint density at radius 3 is 2.33 bits per heavy atom. The van der Waals surface area contributed by atoms with Crippen molar-refractivity contribution in [2.75, 3.05) is 25.9 Å². The summed E-state index contributed by atoms with van der Waals surface area (Å²) in [5, 5.41) is -0.384. The van der Waals surface area contributed by atoms with Crippen molar-refractivity contribution in [1.29, 1.82) is 0 Å². The van der Waals surface area contributed by atoms with Gasteiger partial charge in [-0.2, -0.15) is 0 Å². The molecule has 0 amide bonds. The first-order valence-electron chi connectivity index (χ1n) is 3.58. The summed E-state index contributed by atoms with van der Waals surface area (Å²) in [6, 6.07) is -0.108. The van der Waals surface area contributed by atoms with E-state index in [2.05, 4.69) is 4.72 Å². The molecule has 0 aliphatic carbocycles. The van der Waals surface area contributed by atoms with Crippen LogP contribution >= 0.6 is 11.6 Å². The van der Waals surface area contributed by atoms with Gasteiger partial charge in [0.1, 0.15) is 5.21 Å². The van der Waals surface area contributed by atoms with Crippen molar-refractivity contribution >= 4 is 21.6 Å². The van der Waals surface area contributed by atoms with Crippen molar-refractivity contribution in [2.45, 2.75) is 13.0 Å². The van der Waals surface area contributed by atoms with Crippen LogP contribution < -0.4 is 4.72 Å². The Balaban J connectivity index is 3.93. The molecule has 0 heterocycles. The fourth-order valence-electron chi connectivity index (χ4n) is 0.923. The minimum Gasteiger partial charge on any atom is -0.308 e. The number of hydrogen-bond acceptors (Lipinski definition) is 3. The highest BCUT2D eigenvalue weighted by Crippen LogP contribution is 1.93. The number of likely N-dealkylation sites (N-methyl/N-ethyl adjacent to an activating group) is 1. The standard InChI is InChI=1S/C6H15ClN2O2S/c1-6(4-9(2)3)8-12(10,11)5-7/h6,8H,4-5H2,1-3H3. The van der Waals surface area contributed by atoms with Gasteiger partial charge in [0.05, 0.1) is 0 Å². The first-order valence-corrected chi connectivity index (χ1v) is 5.77. The lowest BCUT2D eigenvalue weighted by molar-refractivity contribution is 0.370. The molecule has 4 nitrogen and oxygen atoms in total. The van der Waals surface area contributed by atoms with Crippen LogP contribution in [0.25, 0.3) is 0 Å². The van der Waals surface area contributed by atoms with E-state index in [9.17, 15) is 8.42 Å². The average molecular weight is 215 g/mol. The second-order valence-corrected chi connectivity index (χ2v) is 5.34. The number of halogens is 1. The lowest BCUT2D eigenvalue weighted by Gasteiger charge is -2.17. The van der Waals surface area contributed by atoms with Crippen LogP contribution in [0.5, 0.6) is 0 Å². The van der Waals surface area contributed by atoms with Crippen LogP contribution in [0.1, 0.15) is 6.92 Å². The van der Waals surface area contributed by atoms with Crippen LogP contribution in [-0.4, -0.2) is 45.2 Å². The molecule has 0 fully saturated rings. The first kappa shape index (κ1) is 12.2. The number of alkyl halides is 1. The summed E-state index contributed by atoms with van der Waals surface area (Å²) in [7, 11) is 0.485. The van der Waals surface area contributed by atoms with Gasteiger partial charge in [-0.1, -0.05) is 0 Å². The zero-order chi connectivity index (χ0) is 9.78. The molecule has 0 aromatic heterocycles. The van der Waals surface area contributed by atoms with Crippen molar-refractivity contribution in [3.05, 3.63) is 0 Å². The molecule has 0 bridgehead atoms. The molecular weight excluding hydrogens is 200 g/mol. The van der Waals surface area contributed by atoms with E-state index in [4.69, 9.17) is 11.6 Å². The molecule has 12 heavy (non-hydrogen) atoms. The van der Waals surface area contributed by atoms with Gasteiger partial charge in [0.25, 0.3) is 0 Å². The van der Waals surface area contributed by atoms with Crippen LogP contribution in [0.4, 0.5) is 0 Å². The highest BCUT2D eigenvalue weighted by atomic mass is 35.5. The van der Waals surface area contributed by atoms with Gasteiger partial charge in [-0.25, -0.2) is 13.1 Å². The Hall–Kier alpha value is 0.160. The lowest BCUT2D eigenvalue weighted by atomic mass is 10.3. The number of nitrogens with one attached hydrogen (secondary N) is 1. The Morgan fingerprint density at radius 1 is 1.50 bits per heavy atom. The summed E-state index contributed by atoms with van der Waals surface area (Å²) < 4.78 is 24.3. The monoisotopic (exact) mass is 214 g/mol. The summed E-state index contributed by atoms with van der Waals surface area (Å²) in [5.41, 5.74) is 0. The minimum absolute atomic E-state index is 0.108. The van der Waals surface area contributed by atoms with Gasteiger partial charge in [0.2, 0.25) is 10.0 Å². The summed E-state index contributed by atoms with van der Waals surface area (Å²) in [6.45, 7) is 2.46. The van der Waals surface area contributed by atoms with E-state index in [0.717, 1.165) is 0 Å². The Kier molecular flexibility index (Phi) is 5.08. The van der Waals surface area contributed by atoms with Crippen molar-refractivity contribution in [3.8, 4) is 0 Å². The molecule has 0 aliphatic rings. The van der Waals surface area contributed by atoms with Gasteiger partial charge < -0.3 is 4.90 Å². The van der Waals surface area contributed by atoms with E-state index >= 15 is 0 Å². The zero-order valence-corrected chi connectivity index (χ0v) is 9.11. The molecule has 0 spiro atoms. The van der Waals surface area contributed by atoms with Gasteiger partial charge in [-0.15, -0.1) is 11.6 Å². The van der Waals surface area contributed by atoms with E-state index < -0.39 is 10.0 Å². The first-order chi connectivity index (χ1) is 5.37. The second kappa shape index (κ2) is 5.01. The summed E-state index contributed by atoms with van der Waals surface area (Å²) >= 11 is 5.21. The Morgan fingerprint density at radius 2 is 2.00 bits per heavy atom. The summed E-state index contributed by atoms with van der Waals surface area (Å²) in [6.07, 6.45) is 0. The highest BCUT2D eigenvalue weighted by molar-refractivity contribution is 7.90. The molecule has 1 N–H and O–H groups in total. The van der Waals surface area contributed by atoms with E-state index in [1.807, 2.05) is 19.0 Å². The topological polar surface area (TPSA) is 49.4 Å². The number of rotatable bonds is 5. The van der Waals surface area contributed by atoms with Crippen LogP contribution in [0.2, 0.25) is 0 Å². The van der Waals surface area contributed by atoms with Crippen LogP contribution in [0, 0.1) is 0 Å². The quantitative estimate of drug-likeness (QED) is 0.659. The number of nitrogens with zero attached hydrogens (tertiary/aromatic N) is 1. The van der Waals surface area contributed by atoms with Crippen LogP contribution in [0.15, 0.2) is 0 Å². The van der Waals surface area contributed by atoms with Crippen LogP contribution in [0.3, 0.4) is 0 Å². The maximum atomic E-state index is 10.9. The largest absolute Gasteiger partial charge is 0.308 e. The maximum Gasteiger partial charge on any atom is 0.225 e. The molecule has 0 rings (SSSR count). The molecule has 0 saturated carbocycles. The fourth-order valence-corrected chi connectivity index (χ4v) is 1.86. The smallest absolute Gasteiger partial charge is 0.225 e. The molecule has 0 aromatic rings. The van der Waals surface area contributed by atoms with Crippen LogP contribution in [-0.2, 0) is 10.0 Å². The average Bonchev–Trinajstić information content (AvgIpc) is 1.84. The Labute approximate surface area is 78.9 Å². The molecule has 1 atom stereocenters. The molecule has 1 unspecified atom stereocenters. The molecule has 6 heteroatoms. The highest BCUT2D eigenvalue weighted by Gasteiger charge is 2.12. The third-order valence-electron chi connectivity index (χ3n) is 1.16. The van der Waals surface area contributed by atoms with Gasteiger partial charge >= 0.3 is 0 Å². The summed E-state index contributed by atoms with van der Waals surface area (Å²) in [4.78, 5) is 1.90. The molecule has 0 aliphatic heterocycles. The SMILES string of the molecule is CC(CN(C)C)NS(=O)(=O)CCl. The fraction of sp³-hybridized carbons (Fsp3) is 1.00. The maximum absolute atomic E-state index is 10.9. The number of hydrogen-bond donors (Lipinski definition) is 1. The number of sulfonamides is 1. The zero-order valence-electron chi connectivity index (χ0n) is 7.54. The second-order valence-electron chi connectivity index (χ2n) is 3.00. The predicted octanol–water partition coefficient (Wildman–Crippen LogP) is 0.0522. The van der Waals surface area contributed by atoms with Gasteiger partial charge in [0.15, 0.2) is 0 Å². The molecule has 0 saturated heterocycles. The predicted molar refractivity (Wildman–Crippen MR) is 50.8 cm³/mol. The van der Waals surface area contributed by atoms with E-state index in [0.29, 0.717) is 6.54 Å². The van der Waals surface area contributed by atoms with Gasteiger partial charge in [-0.3, -0.25) is 0 Å². The molecule has 0 aromatic carbocycles. The summed E-state index contributed by atoms with van der Waals surface area (Å²) in [5.74, 6) is 0. The van der Waals surface area contributed by atoms with Gasteiger partial charge in [-0.05, 0) is 21.0 Å². The van der Waals surface area contributed by atoms with Crippen molar-refractivity contribution in [3.63, 3.8) is 0 Å². The van der Waals surface area contributed by atoms with E-state index in [-0.39, 0.29) is 11.3 Å². The van der Waals surface area contributed by atoms with Gasteiger partial charge in [0, 0.05) is 12.6 Å². The Bertz CT molecular complexity index is 216. The minimum atomic E-state index is -3.28. The molecule has 74 valence electrons. The van der Waals surface area contributed by atoms with E-state index in [1.54, 1.807) is 6.92 Å². The third kappa shape index (κ3) is 5.77. The normalized spacial score (nSPS) is 15.1.